The van der Waals surface area contributed by atoms with Crippen LogP contribution in [0.5, 0.6) is 11.5 Å². The van der Waals surface area contributed by atoms with Gasteiger partial charge in [-0.25, -0.2) is 4.98 Å². The molecule has 3 rings (SSSR count). The van der Waals surface area contributed by atoms with E-state index in [0.29, 0.717) is 23.1 Å². The fraction of sp³-hybridized carbons (Fsp3) is 0.357. The summed E-state index contributed by atoms with van der Waals surface area (Å²) in [5.74, 6) is 2.15. The predicted octanol–water partition coefficient (Wildman–Crippen LogP) is 1.95. The van der Waals surface area contributed by atoms with Crippen LogP contribution in [0.25, 0.3) is 0 Å². The zero-order chi connectivity index (χ0) is 14.8. The molecule has 21 heavy (non-hydrogen) atoms. The van der Waals surface area contributed by atoms with Crippen LogP contribution in [-0.4, -0.2) is 35.3 Å². The molecule has 1 aliphatic rings. The Balaban J connectivity index is 1.74. The third-order valence-electron chi connectivity index (χ3n) is 3.31. The molecule has 7 heteroatoms. The summed E-state index contributed by atoms with van der Waals surface area (Å²) in [5.41, 5.74) is 0.593. The molecule has 1 aromatic carbocycles. The lowest BCUT2D eigenvalue weighted by atomic mass is 10.2. The van der Waals surface area contributed by atoms with E-state index in [1.165, 1.54) is 0 Å². The van der Waals surface area contributed by atoms with Crippen molar-refractivity contribution in [2.24, 2.45) is 0 Å². The first-order valence-corrected chi connectivity index (χ1v) is 6.67. The number of methoxy groups -OCH3 is 2. The number of carbonyl (C=O) groups is 1. The van der Waals surface area contributed by atoms with E-state index in [2.05, 4.69) is 20.5 Å². The number of hydrogen-bond donors (Lipinski definition) is 2. The van der Waals surface area contributed by atoms with Crippen molar-refractivity contribution in [3.05, 3.63) is 29.8 Å². The van der Waals surface area contributed by atoms with Gasteiger partial charge in [0.2, 0.25) is 5.82 Å². The summed E-state index contributed by atoms with van der Waals surface area (Å²) < 4.78 is 10.3. The zero-order valence-electron chi connectivity index (χ0n) is 11.8. The van der Waals surface area contributed by atoms with Gasteiger partial charge >= 0.3 is 0 Å². The van der Waals surface area contributed by atoms with Crippen LogP contribution in [-0.2, 0) is 0 Å². The number of aromatic amines is 1. The van der Waals surface area contributed by atoms with Crippen LogP contribution in [0.2, 0.25) is 0 Å². The average molecular weight is 288 g/mol. The molecule has 0 radical (unpaired) electrons. The lowest BCUT2D eigenvalue weighted by Gasteiger charge is -2.09. The quantitative estimate of drug-likeness (QED) is 0.877. The summed E-state index contributed by atoms with van der Waals surface area (Å²) in [4.78, 5) is 16.3. The van der Waals surface area contributed by atoms with Crippen LogP contribution in [0.15, 0.2) is 18.2 Å². The number of ether oxygens (including phenoxy) is 2. The SMILES string of the molecule is COc1ccc(NC(=O)c2n[nH]c(C3CC3)n2)cc1OC. The Morgan fingerprint density at radius 3 is 2.71 bits per heavy atom. The third kappa shape index (κ3) is 2.81. The van der Waals surface area contributed by atoms with E-state index in [-0.39, 0.29) is 11.7 Å². The van der Waals surface area contributed by atoms with Crippen LogP contribution in [0.3, 0.4) is 0 Å². The molecular formula is C14H16N4O3. The Bertz CT molecular complexity index is 664. The van der Waals surface area contributed by atoms with Crippen molar-refractivity contribution in [3.63, 3.8) is 0 Å². The number of carbonyl (C=O) groups excluding carboxylic acids is 1. The zero-order valence-corrected chi connectivity index (χ0v) is 11.8. The van der Waals surface area contributed by atoms with Gasteiger partial charge in [-0.1, -0.05) is 0 Å². The molecule has 2 N–H and O–H groups in total. The lowest BCUT2D eigenvalue weighted by molar-refractivity contribution is 0.101. The first kappa shape index (κ1) is 13.4. The number of nitrogens with one attached hydrogen (secondary N) is 2. The normalized spacial score (nSPS) is 13.8. The number of rotatable bonds is 5. The van der Waals surface area contributed by atoms with Crippen molar-refractivity contribution in [3.8, 4) is 11.5 Å². The van der Waals surface area contributed by atoms with Crippen LogP contribution in [0.1, 0.15) is 35.2 Å². The molecule has 0 aliphatic heterocycles. The van der Waals surface area contributed by atoms with Crippen molar-refractivity contribution in [1.29, 1.82) is 0 Å². The van der Waals surface area contributed by atoms with E-state index < -0.39 is 0 Å². The standard InChI is InChI=1S/C14H16N4O3/c1-20-10-6-5-9(7-11(10)21-2)15-14(19)13-16-12(17-18-13)8-3-4-8/h5-8H,3-4H2,1-2H3,(H,15,19)(H,16,17,18). The van der Waals surface area contributed by atoms with Gasteiger partial charge in [0.1, 0.15) is 5.82 Å². The maximum absolute atomic E-state index is 12.1. The Morgan fingerprint density at radius 2 is 2.05 bits per heavy atom. The molecule has 0 atom stereocenters. The molecule has 2 aromatic rings. The van der Waals surface area contributed by atoms with E-state index >= 15 is 0 Å². The van der Waals surface area contributed by atoms with Crippen molar-refractivity contribution >= 4 is 11.6 Å². The number of anilines is 1. The van der Waals surface area contributed by atoms with Crippen molar-refractivity contribution in [2.75, 3.05) is 19.5 Å². The number of nitrogens with zero attached hydrogens (tertiary/aromatic N) is 2. The number of hydrogen-bond acceptors (Lipinski definition) is 5. The molecule has 0 spiro atoms. The second-order valence-corrected chi connectivity index (χ2v) is 4.84. The monoisotopic (exact) mass is 288 g/mol. The molecule has 1 saturated carbocycles. The summed E-state index contributed by atoms with van der Waals surface area (Å²) in [6, 6.07) is 5.14. The Hall–Kier alpha value is -2.57. The first-order valence-electron chi connectivity index (χ1n) is 6.67. The van der Waals surface area contributed by atoms with Gasteiger partial charge in [-0.3, -0.25) is 9.89 Å². The van der Waals surface area contributed by atoms with E-state index in [1.807, 2.05) is 0 Å². The van der Waals surface area contributed by atoms with Crippen molar-refractivity contribution < 1.29 is 14.3 Å². The number of aromatic nitrogens is 3. The van der Waals surface area contributed by atoms with Crippen LogP contribution in [0.4, 0.5) is 5.69 Å². The molecule has 1 fully saturated rings. The second kappa shape index (κ2) is 5.43. The largest absolute Gasteiger partial charge is 0.493 e. The van der Waals surface area contributed by atoms with E-state index in [0.717, 1.165) is 18.7 Å². The van der Waals surface area contributed by atoms with Crippen LogP contribution < -0.4 is 14.8 Å². The van der Waals surface area contributed by atoms with Gasteiger partial charge in [0.15, 0.2) is 11.5 Å². The van der Waals surface area contributed by atoms with Gasteiger partial charge in [-0.15, -0.1) is 5.10 Å². The minimum Gasteiger partial charge on any atom is -0.493 e. The average Bonchev–Trinajstić information content (AvgIpc) is 3.24. The smallest absolute Gasteiger partial charge is 0.295 e. The molecule has 1 amide bonds. The highest BCUT2D eigenvalue weighted by atomic mass is 16.5. The second-order valence-electron chi connectivity index (χ2n) is 4.84. The first-order chi connectivity index (χ1) is 10.2. The van der Waals surface area contributed by atoms with E-state index in [4.69, 9.17) is 9.47 Å². The Labute approximate surface area is 121 Å². The summed E-state index contributed by atoms with van der Waals surface area (Å²) in [6.07, 6.45) is 2.21. The van der Waals surface area contributed by atoms with Gasteiger partial charge in [-0.05, 0) is 25.0 Å². The van der Waals surface area contributed by atoms with Gasteiger partial charge in [0.05, 0.1) is 14.2 Å². The van der Waals surface area contributed by atoms with E-state index in [9.17, 15) is 4.79 Å². The molecule has 0 saturated heterocycles. The number of amides is 1. The molecule has 0 bridgehead atoms. The molecule has 1 heterocycles. The Kier molecular flexibility index (Phi) is 3.47. The van der Waals surface area contributed by atoms with Gasteiger partial charge in [0, 0.05) is 17.7 Å². The van der Waals surface area contributed by atoms with Crippen LogP contribution >= 0.6 is 0 Å². The fourth-order valence-electron chi connectivity index (χ4n) is 2.02. The highest BCUT2D eigenvalue weighted by Crippen LogP contribution is 2.37. The van der Waals surface area contributed by atoms with Gasteiger partial charge < -0.3 is 14.8 Å². The molecule has 1 aliphatic carbocycles. The maximum atomic E-state index is 12.1. The summed E-state index contributed by atoms with van der Waals surface area (Å²) in [7, 11) is 3.10. The summed E-state index contributed by atoms with van der Waals surface area (Å²) in [5, 5.41) is 9.49. The van der Waals surface area contributed by atoms with Gasteiger partial charge in [0.25, 0.3) is 5.91 Å². The molecule has 7 nitrogen and oxygen atoms in total. The summed E-state index contributed by atoms with van der Waals surface area (Å²) in [6.45, 7) is 0. The minimum absolute atomic E-state index is 0.145. The highest BCUT2D eigenvalue weighted by molar-refractivity contribution is 6.01. The minimum atomic E-state index is -0.356. The fourth-order valence-corrected chi connectivity index (χ4v) is 2.02. The molecule has 0 unspecified atom stereocenters. The van der Waals surface area contributed by atoms with Crippen LogP contribution in [0, 0.1) is 0 Å². The number of H-pyrrole nitrogens is 1. The van der Waals surface area contributed by atoms with Crippen molar-refractivity contribution in [2.45, 2.75) is 18.8 Å². The highest BCUT2D eigenvalue weighted by Gasteiger charge is 2.28. The third-order valence-corrected chi connectivity index (χ3v) is 3.31. The topological polar surface area (TPSA) is 89.1 Å². The maximum Gasteiger partial charge on any atom is 0.295 e. The van der Waals surface area contributed by atoms with Crippen molar-refractivity contribution in [1.82, 2.24) is 15.2 Å². The lowest BCUT2D eigenvalue weighted by Crippen LogP contribution is -2.14. The summed E-state index contributed by atoms with van der Waals surface area (Å²) >= 11 is 0. The molecule has 110 valence electrons. The number of benzene rings is 1. The van der Waals surface area contributed by atoms with Gasteiger partial charge in [-0.2, -0.15) is 0 Å². The predicted molar refractivity (Wildman–Crippen MR) is 75.9 cm³/mol. The molecule has 1 aromatic heterocycles. The Morgan fingerprint density at radius 1 is 1.29 bits per heavy atom. The molecular weight excluding hydrogens is 272 g/mol. The van der Waals surface area contributed by atoms with E-state index in [1.54, 1.807) is 32.4 Å².